The van der Waals surface area contributed by atoms with E-state index < -0.39 is 28.4 Å². The second-order valence-electron chi connectivity index (χ2n) is 8.10. The topological polar surface area (TPSA) is 99.2 Å². The Morgan fingerprint density at radius 1 is 0.970 bits per heavy atom. The first kappa shape index (κ1) is 24.9. The maximum Gasteiger partial charge on any atom is 0.338 e. The zero-order chi connectivity index (χ0) is 23.8. The number of esters is 1. The average molecular weight is 476 g/mol. The van der Waals surface area contributed by atoms with Crippen LogP contribution >= 0.6 is 0 Å². The number of benzene rings is 2. The lowest BCUT2D eigenvalue weighted by Crippen LogP contribution is -2.40. The highest BCUT2D eigenvalue weighted by molar-refractivity contribution is 7.89. The van der Waals surface area contributed by atoms with Crippen molar-refractivity contribution in [1.29, 1.82) is 0 Å². The molecule has 0 saturated carbocycles. The SMILES string of the molecule is CC(C)CCOc1ccc(C(=O)OCC(=O)c2ccc(S(=O)(=O)N3CCOCC3)cc2)cc1. The second-order valence-corrected chi connectivity index (χ2v) is 10.0. The lowest BCUT2D eigenvalue weighted by atomic mass is 10.1. The van der Waals surface area contributed by atoms with Gasteiger partial charge in [0.05, 0.1) is 30.3 Å². The van der Waals surface area contributed by atoms with E-state index in [4.69, 9.17) is 14.2 Å². The van der Waals surface area contributed by atoms with Crippen LogP contribution in [0, 0.1) is 5.92 Å². The van der Waals surface area contributed by atoms with Gasteiger partial charge in [-0.2, -0.15) is 4.31 Å². The van der Waals surface area contributed by atoms with Crippen molar-refractivity contribution in [2.45, 2.75) is 25.2 Å². The van der Waals surface area contributed by atoms with Crippen LogP contribution in [0.4, 0.5) is 0 Å². The summed E-state index contributed by atoms with van der Waals surface area (Å²) < 4.78 is 42.6. The molecule has 1 fully saturated rings. The molecule has 2 aromatic carbocycles. The Morgan fingerprint density at radius 3 is 2.18 bits per heavy atom. The van der Waals surface area contributed by atoms with Crippen LogP contribution in [0.3, 0.4) is 0 Å². The van der Waals surface area contributed by atoms with Crippen LogP contribution in [0.2, 0.25) is 0 Å². The van der Waals surface area contributed by atoms with E-state index >= 15 is 0 Å². The number of carbonyl (C=O) groups is 2. The van der Waals surface area contributed by atoms with Gasteiger partial charge in [0.25, 0.3) is 0 Å². The zero-order valence-corrected chi connectivity index (χ0v) is 19.7. The minimum Gasteiger partial charge on any atom is -0.494 e. The van der Waals surface area contributed by atoms with Gasteiger partial charge in [0, 0.05) is 18.7 Å². The van der Waals surface area contributed by atoms with Crippen LogP contribution in [-0.2, 0) is 19.5 Å². The molecule has 178 valence electrons. The van der Waals surface area contributed by atoms with E-state index in [0.717, 1.165) is 6.42 Å². The Balaban J connectivity index is 1.52. The van der Waals surface area contributed by atoms with Crippen molar-refractivity contribution < 1.29 is 32.2 Å². The first-order valence-corrected chi connectivity index (χ1v) is 12.3. The number of hydrogen-bond donors (Lipinski definition) is 0. The summed E-state index contributed by atoms with van der Waals surface area (Å²) in [5.41, 5.74) is 0.573. The summed E-state index contributed by atoms with van der Waals surface area (Å²) in [5.74, 6) is 0.161. The number of Topliss-reactive ketones (excluding diaryl/α,β-unsaturated/α-hetero) is 1. The van der Waals surface area contributed by atoms with Gasteiger partial charge in [-0.1, -0.05) is 13.8 Å². The summed E-state index contributed by atoms with van der Waals surface area (Å²) in [6.07, 6.45) is 0.937. The highest BCUT2D eigenvalue weighted by Gasteiger charge is 2.26. The Hall–Kier alpha value is -2.75. The van der Waals surface area contributed by atoms with E-state index in [-0.39, 0.29) is 10.5 Å². The number of hydrogen-bond acceptors (Lipinski definition) is 7. The van der Waals surface area contributed by atoms with Gasteiger partial charge in [0.1, 0.15) is 5.75 Å². The van der Waals surface area contributed by atoms with Crippen LogP contribution < -0.4 is 4.74 Å². The Labute approximate surface area is 194 Å². The molecule has 2 aromatic rings. The number of rotatable bonds is 10. The number of morpholine rings is 1. The Morgan fingerprint density at radius 2 is 1.58 bits per heavy atom. The van der Waals surface area contributed by atoms with Gasteiger partial charge in [0.2, 0.25) is 10.0 Å². The normalized spacial score (nSPS) is 14.8. The Bertz CT molecular complexity index is 1040. The number of carbonyl (C=O) groups excluding carboxylic acids is 2. The molecule has 1 heterocycles. The maximum absolute atomic E-state index is 12.7. The third-order valence-corrected chi connectivity index (χ3v) is 7.09. The van der Waals surface area contributed by atoms with Crippen LogP contribution in [0.15, 0.2) is 53.4 Å². The van der Waals surface area contributed by atoms with Crippen molar-refractivity contribution in [1.82, 2.24) is 4.31 Å². The van der Waals surface area contributed by atoms with Crippen LogP contribution in [-0.4, -0.2) is 64.0 Å². The summed E-state index contributed by atoms with van der Waals surface area (Å²) >= 11 is 0. The van der Waals surface area contributed by atoms with Crippen LogP contribution in [0.5, 0.6) is 5.75 Å². The van der Waals surface area contributed by atoms with Gasteiger partial charge < -0.3 is 14.2 Å². The molecule has 9 heteroatoms. The molecule has 0 aromatic heterocycles. The van der Waals surface area contributed by atoms with Crippen LogP contribution in [0.25, 0.3) is 0 Å². The fourth-order valence-electron chi connectivity index (χ4n) is 3.15. The fourth-order valence-corrected chi connectivity index (χ4v) is 4.55. The number of ether oxygens (including phenoxy) is 3. The van der Waals surface area contributed by atoms with Crippen molar-refractivity contribution in [3.63, 3.8) is 0 Å². The number of nitrogens with zero attached hydrogens (tertiary/aromatic N) is 1. The molecular formula is C24H29NO7S. The molecule has 0 N–H and O–H groups in total. The van der Waals surface area contributed by atoms with E-state index in [9.17, 15) is 18.0 Å². The highest BCUT2D eigenvalue weighted by atomic mass is 32.2. The second kappa shape index (κ2) is 11.4. The maximum atomic E-state index is 12.7. The third-order valence-electron chi connectivity index (χ3n) is 5.17. The molecule has 8 nitrogen and oxygen atoms in total. The van der Waals surface area contributed by atoms with Gasteiger partial charge in [-0.05, 0) is 60.9 Å². The van der Waals surface area contributed by atoms with Crippen LogP contribution in [0.1, 0.15) is 41.0 Å². The minimum atomic E-state index is -3.63. The predicted octanol–water partition coefficient (Wildman–Crippen LogP) is 3.17. The summed E-state index contributed by atoms with van der Waals surface area (Å²) in [4.78, 5) is 24.7. The fraction of sp³-hybridized carbons (Fsp3) is 0.417. The van der Waals surface area contributed by atoms with Crippen molar-refractivity contribution in [3.05, 3.63) is 59.7 Å². The Kier molecular flexibility index (Phi) is 8.60. The smallest absolute Gasteiger partial charge is 0.338 e. The molecule has 0 bridgehead atoms. The molecule has 0 spiro atoms. The minimum absolute atomic E-state index is 0.105. The number of ketones is 1. The van der Waals surface area contributed by atoms with Crippen molar-refractivity contribution in [3.8, 4) is 5.75 Å². The van der Waals surface area contributed by atoms with E-state index in [1.54, 1.807) is 24.3 Å². The van der Waals surface area contributed by atoms with Gasteiger partial charge in [0.15, 0.2) is 12.4 Å². The first-order chi connectivity index (χ1) is 15.8. The quantitative estimate of drug-likeness (QED) is 0.384. The molecule has 1 aliphatic heterocycles. The van der Waals surface area contributed by atoms with Gasteiger partial charge in [-0.25, -0.2) is 13.2 Å². The molecule has 33 heavy (non-hydrogen) atoms. The standard InChI is InChI=1S/C24H29NO7S/c1-18(2)11-14-31-21-7-3-20(4-8-21)24(27)32-17-23(26)19-5-9-22(10-6-19)33(28,29)25-12-15-30-16-13-25/h3-10,18H,11-17H2,1-2H3. The molecule has 0 aliphatic carbocycles. The number of sulfonamides is 1. The lowest BCUT2D eigenvalue weighted by Gasteiger charge is -2.26. The van der Waals surface area contributed by atoms with E-state index in [2.05, 4.69) is 13.8 Å². The molecule has 0 atom stereocenters. The molecule has 0 unspecified atom stereocenters. The monoisotopic (exact) mass is 475 g/mol. The average Bonchev–Trinajstić information content (AvgIpc) is 2.83. The third kappa shape index (κ3) is 6.86. The predicted molar refractivity (Wildman–Crippen MR) is 122 cm³/mol. The summed E-state index contributed by atoms with van der Waals surface area (Å²) in [7, 11) is -3.63. The van der Waals surface area contributed by atoms with E-state index in [0.29, 0.717) is 50.1 Å². The van der Waals surface area contributed by atoms with E-state index in [1.807, 2.05) is 0 Å². The van der Waals surface area contributed by atoms with Gasteiger partial charge in [-0.15, -0.1) is 0 Å². The van der Waals surface area contributed by atoms with Crippen molar-refractivity contribution in [2.24, 2.45) is 5.92 Å². The molecule has 0 radical (unpaired) electrons. The largest absolute Gasteiger partial charge is 0.494 e. The summed E-state index contributed by atoms with van der Waals surface area (Å²) in [5, 5.41) is 0. The summed E-state index contributed by atoms with van der Waals surface area (Å²) in [6, 6.07) is 12.2. The summed E-state index contributed by atoms with van der Waals surface area (Å²) in [6.45, 7) is 5.69. The van der Waals surface area contributed by atoms with Gasteiger partial charge in [-0.3, -0.25) is 4.79 Å². The molecular weight excluding hydrogens is 446 g/mol. The van der Waals surface area contributed by atoms with Crippen molar-refractivity contribution >= 4 is 21.8 Å². The molecule has 3 rings (SSSR count). The first-order valence-electron chi connectivity index (χ1n) is 10.9. The van der Waals surface area contributed by atoms with E-state index in [1.165, 1.54) is 28.6 Å². The highest BCUT2D eigenvalue weighted by Crippen LogP contribution is 2.18. The molecule has 0 amide bonds. The van der Waals surface area contributed by atoms with Gasteiger partial charge >= 0.3 is 5.97 Å². The molecule has 1 saturated heterocycles. The van der Waals surface area contributed by atoms with Crippen molar-refractivity contribution in [2.75, 3.05) is 39.5 Å². The zero-order valence-electron chi connectivity index (χ0n) is 18.9. The molecule has 1 aliphatic rings. The lowest BCUT2D eigenvalue weighted by molar-refractivity contribution is 0.0474.